The summed E-state index contributed by atoms with van der Waals surface area (Å²) in [7, 11) is 1.85. The van der Waals surface area contributed by atoms with Crippen molar-refractivity contribution in [3.63, 3.8) is 0 Å². The number of aryl methyl sites for hydroxylation is 2. The van der Waals surface area contributed by atoms with Crippen LogP contribution in [0.25, 0.3) is 0 Å². The van der Waals surface area contributed by atoms with Crippen molar-refractivity contribution in [3.05, 3.63) is 35.2 Å². The predicted molar refractivity (Wildman–Crippen MR) is 86.4 cm³/mol. The van der Waals surface area contributed by atoms with Crippen LogP contribution in [0.3, 0.4) is 0 Å². The Morgan fingerprint density at radius 3 is 2.55 bits per heavy atom. The van der Waals surface area contributed by atoms with Gasteiger partial charge < -0.3 is 19.4 Å². The molecule has 0 aliphatic carbocycles. The minimum absolute atomic E-state index is 0.539. The van der Waals surface area contributed by atoms with Crippen LogP contribution in [0, 0.1) is 13.8 Å². The minimum Gasteiger partial charge on any atom is -0.492 e. The smallest absolute Gasteiger partial charge is 0.318 e. The zero-order chi connectivity index (χ0) is 15.9. The van der Waals surface area contributed by atoms with Crippen LogP contribution < -0.4 is 15.0 Å². The molecule has 0 spiro atoms. The Bertz CT molecular complexity index is 577. The Hall–Kier alpha value is -2.08. The third kappa shape index (κ3) is 4.46. The van der Waals surface area contributed by atoms with E-state index in [0.29, 0.717) is 31.6 Å². The fourth-order valence-electron chi connectivity index (χ4n) is 2.27. The third-order valence-electron chi connectivity index (χ3n) is 3.26. The Morgan fingerprint density at radius 2 is 1.91 bits per heavy atom. The van der Waals surface area contributed by atoms with Crippen molar-refractivity contribution in [2.75, 3.05) is 31.6 Å². The molecule has 0 bridgehead atoms. The molecule has 0 fully saturated rings. The summed E-state index contributed by atoms with van der Waals surface area (Å²) < 4.78 is 11.4. The van der Waals surface area contributed by atoms with Crippen LogP contribution in [0.2, 0.25) is 0 Å². The standard InChI is InChI=1S/C16H24N4O2/c1-5-20(16-19-18-15(22-16)11-17-4)6-7-21-14-9-12(2)8-13(3)10-14/h8-10,17H,5-7,11H2,1-4H3. The summed E-state index contributed by atoms with van der Waals surface area (Å²) in [6.45, 7) is 8.82. The van der Waals surface area contributed by atoms with E-state index < -0.39 is 0 Å². The zero-order valence-electron chi connectivity index (χ0n) is 13.7. The monoisotopic (exact) mass is 304 g/mol. The quantitative estimate of drug-likeness (QED) is 0.807. The maximum absolute atomic E-state index is 5.83. The van der Waals surface area contributed by atoms with Gasteiger partial charge in [0.2, 0.25) is 5.89 Å². The summed E-state index contributed by atoms with van der Waals surface area (Å²) >= 11 is 0. The molecule has 0 radical (unpaired) electrons. The average molecular weight is 304 g/mol. The third-order valence-corrected chi connectivity index (χ3v) is 3.26. The molecule has 6 heteroatoms. The summed E-state index contributed by atoms with van der Waals surface area (Å²) in [6, 6.07) is 6.76. The van der Waals surface area contributed by atoms with E-state index in [0.717, 1.165) is 12.3 Å². The first-order valence-corrected chi connectivity index (χ1v) is 7.55. The van der Waals surface area contributed by atoms with E-state index in [2.05, 4.69) is 42.4 Å². The van der Waals surface area contributed by atoms with Crippen molar-refractivity contribution in [1.29, 1.82) is 0 Å². The molecule has 2 aromatic rings. The number of anilines is 1. The highest BCUT2D eigenvalue weighted by Crippen LogP contribution is 2.17. The van der Waals surface area contributed by atoms with Gasteiger partial charge in [-0.1, -0.05) is 11.2 Å². The van der Waals surface area contributed by atoms with E-state index in [-0.39, 0.29) is 0 Å². The van der Waals surface area contributed by atoms with Crippen LogP contribution in [0.1, 0.15) is 23.9 Å². The Kier molecular flexibility index (Phi) is 5.77. The van der Waals surface area contributed by atoms with Gasteiger partial charge in [0, 0.05) is 6.54 Å². The van der Waals surface area contributed by atoms with Crippen molar-refractivity contribution in [3.8, 4) is 5.75 Å². The maximum atomic E-state index is 5.83. The van der Waals surface area contributed by atoms with E-state index >= 15 is 0 Å². The minimum atomic E-state index is 0.539. The number of benzene rings is 1. The van der Waals surface area contributed by atoms with Crippen LogP contribution >= 0.6 is 0 Å². The number of ether oxygens (including phenoxy) is 1. The molecule has 1 aromatic carbocycles. The molecule has 120 valence electrons. The number of aromatic nitrogens is 2. The van der Waals surface area contributed by atoms with Crippen molar-refractivity contribution in [2.45, 2.75) is 27.3 Å². The Morgan fingerprint density at radius 1 is 1.18 bits per heavy atom. The van der Waals surface area contributed by atoms with Gasteiger partial charge >= 0.3 is 6.01 Å². The number of rotatable bonds is 8. The number of likely N-dealkylation sites (N-methyl/N-ethyl adjacent to an activating group) is 1. The summed E-state index contributed by atoms with van der Waals surface area (Å²) in [5.74, 6) is 1.49. The van der Waals surface area contributed by atoms with Crippen LogP contribution in [0.5, 0.6) is 5.75 Å². The highest BCUT2D eigenvalue weighted by molar-refractivity contribution is 5.33. The lowest BCUT2D eigenvalue weighted by Gasteiger charge is -2.18. The molecule has 0 amide bonds. The summed E-state index contributed by atoms with van der Waals surface area (Å²) in [4.78, 5) is 2.01. The first-order chi connectivity index (χ1) is 10.6. The van der Waals surface area contributed by atoms with Crippen molar-refractivity contribution in [1.82, 2.24) is 15.5 Å². The molecule has 1 N–H and O–H groups in total. The molecule has 1 aromatic heterocycles. The molecule has 0 atom stereocenters. The molecular weight excluding hydrogens is 280 g/mol. The lowest BCUT2D eigenvalue weighted by molar-refractivity contribution is 0.319. The van der Waals surface area contributed by atoms with Gasteiger partial charge in [0.1, 0.15) is 12.4 Å². The van der Waals surface area contributed by atoms with Gasteiger partial charge in [0.25, 0.3) is 0 Å². The van der Waals surface area contributed by atoms with Gasteiger partial charge in [-0.3, -0.25) is 0 Å². The van der Waals surface area contributed by atoms with Crippen LogP contribution in [0.15, 0.2) is 22.6 Å². The number of nitrogens with zero attached hydrogens (tertiary/aromatic N) is 3. The summed E-state index contributed by atoms with van der Waals surface area (Å²) in [5, 5.41) is 11.1. The van der Waals surface area contributed by atoms with Gasteiger partial charge in [-0.25, -0.2) is 0 Å². The normalized spacial score (nSPS) is 10.7. The lowest BCUT2D eigenvalue weighted by atomic mass is 10.1. The van der Waals surface area contributed by atoms with Gasteiger partial charge in [-0.15, -0.1) is 5.10 Å². The van der Waals surface area contributed by atoms with Gasteiger partial charge in [0.15, 0.2) is 0 Å². The maximum Gasteiger partial charge on any atom is 0.318 e. The molecule has 0 saturated carbocycles. The second-order valence-electron chi connectivity index (χ2n) is 5.26. The number of nitrogens with one attached hydrogen (secondary N) is 1. The molecule has 2 rings (SSSR count). The lowest BCUT2D eigenvalue weighted by Crippen LogP contribution is -2.28. The molecule has 0 aliphatic heterocycles. The Labute approximate surface area is 131 Å². The number of hydrogen-bond acceptors (Lipinski definition) is 6. The molecule has 0 unspecified atom stereocenters. The second-order valence-corrected chi connectivity index (χ2v) is 5.26. The van der Waals surface area contributed by atoms with Gasteiger partial charge in [-0.2, -0.15) is 0 Å². The topological polar surface area (TPSA) is 63.4 Å². The van der Waals surface area contributed by atoms with Gasteiger partial charge in [-0.05, 0) is 51.1 Å². The molecule has 0 saturated heterocycles. The Balaban J connectivity index is 1.90. The average Bonchev–Trinajstić information content (AvgIpc) is 2.91. The predicted octanol–water partition coefficient (Wildman–Crippen LogP) is 2.31. The second kappa shape index (κ2) is 7.79. The molecule has 22 heavy (non-hydrogen) atoms. The van der Waals surface area contributed by atoms with Crippen LogP contribution in [-0.4, -0.2) is 36.9 Å². The van der Waals surface area contributed by atoms with E-state index in [4.69, 9.17) is 9.15 Å². The number of hydrogen-bond donors (Lipinski definition) is 1. The first-order valence-electron chi connectivity index (χ1n) is 7.55. The van der Waals surface area contributed by atoms with Crippen molar-refractivity contribution < 1.29 is 9.15 Å². The molecule has 0 aliphatic rings. The largest absolute Gasteiger partial charge is 0.492 e. The van der Waals surface area contributed by atoms with Crippen molar-refractivity contribution in [2.24, 2.45) is 0 Å². The molecule has 1 heterocycles. The first kappa shape index (κ1) is 16.3. The SMILES string of the molecule is CCN(CCOc1cc(C)cc(C)c1)c1nnc(CNC)o1. The summed E-state index contributed by atoms with van der Waals surface area (Å²) in [6.07, 6.45) is 0. The molecule has 6 nitrogen and oxygen atoms in total. The van der Waals surface area contributed by atoms with E-state index in [1.165, 1.54) is 11.1 Å². The fourth-order valence-corrected chi connectivity index (χ4v) is 2.27. The zero-order valence-corrected chi connectivity index (χ0v) is 13.7. The van der Waals surface area contributed by atoms with Crippen LogP contribution in [-0.2, 0) is 6.54 Å². The van der Waals surface area contributed by atoms with Crippen molar-refractivity contribution >= 4 is 6.01 Å². The molecular formula is C16H24N4O2. The van der Waals surface area contributed by atoms with E-state index in [1.807, 2.05) is 24.1 Å². The van der Waals surface area contributed by atoms with E-state index in [1.54, 1.807) is 0 Å². The highest BCUT2D eigenvalue weighted by Gasteiger charge is 2.12. The summed E-state index contributed by atoms with van der Waals surface area (Å²) in [5.41, 5.74) is 2.41. The van der Waals surface area contributed by atoms with E-state index in [9.17, 15) is 0 Å². The van der Waals surface area contributed by atoms with Gasteiger partial charge in [0.05, 0.1) is 13.1 Å². The highest BCUT2D eigenvalue weighted by atomic mass is 16.5. The fraction of sp³-hybridized carbons (Fsp3) is 0.500. The van der Waals surface area contributed by atoms with Crippen LogP contribution in [0.4, 0.5) is 6.01 Å².